The molecule has 9 nitrogen and oxygen atoms in total. The van der Waals surface area contributed by atoms with Crippen molar-refractivity contribution in [3.63, 3.8) is 0 Å². The van der Waals surface area contributed by atoms with Crippen LogP contribution < -0.4 is 10.6 Å². The van der Waals surface area contributed by atoms with Crippen LogP contribution in [-0.4, -0.2) is 43.8 Å². The maximum Gasteiger partial charge on any atom is 0.250 e. The molecule has 2 aromatic heterocycles. The molecule has 1 amide bonds. The summed E-state index contributed by atoms with van der Waals surface area (Å²) in [5.41, 5.74) is -0.277. The number of hydrogen-bond acceptors (Lipinski definition) is 7. The lowest BCUT2D eigenvalue weighted by Crippen LogP contribution is -2.41. The number of carbonyl (C=O) groups is 1. The van der Waals surface area contributed by atoms with Crippen LogP contribution in [0.2, 0.25) is 0 Å². The van der Waals surface area contributed by atoms with Gasteiger partial charge in [-0.15, -0.1) is 0 Å². The van der Waals surface area contributed by atoms with Gasteiger partial charge >= 0.3 is 0 Å². The number of aromatic nitrogens is 5. The van der Waals surface area contributed by atoms with Crippen molar-refractivity contribution in [3.8, 4) is 11.6 Å². The number of nitrogens with one attached hydrogen (secondary N) is 3. The van der Waals surface area contributed by atoms with E-state index in [1.807, 2.05) is 20.8 Å². The molecule has 3 rings (SSSR count). The third kappa shape index (κ3) is 3.92. The Morgan fingerprint density at radius 1 is 1.48 bits per heavy atom. The lowest BCUT2D eigenvalue weighted by atomic mass is 9.86. The Bertz CT molecular complexity index is 655. The van der Waals surface area contributed by atoms with E-state index in [4.69, 9.17) is 4.52 Å². The van der Waals surface area contributed by atoms with Gasteiger partial charge in [0.15, 0.2) is 5.82 Å². The third-order valence-electron chi connectivity index (χ3n) is 3.62. The molecule has 1 saturated carbocycles. The minimum Gasteiger partial charge on any atom is -0.343 e. The van der Waals surface area contributed by atoms with Gasteiger partial charge in [-0.1, -0.05) is 25.9 Å². The van der Waals surface area contributed by atoms with Gasteiger partial charge in [0.1, 0.15) is 12.4 Å². The number of aromatic amines is 1. The highest BCUT2D eigenvalue weighted by atomic mass is 16.5. The molecule has 0 saturated heterocycles. The van der Waals surface area contributed by atoms with Crippen LogP contribution in [0.1, 0.15) is 45.5 Å². The Hall–Kier alpha value is -2.29. The van der Waals surface area contributed by atoms with Crippen molar-refractivity contribution >= 4 is 5.91 Å². The summed E-state index contributed by atoms with van der Waals surface area (Å²) in [6.45, 7) is 6.31. The molecule has 1 unspecified atom stereocenters. The molecular formula is C14H21N7O2. The van der Waals surface area contributed by atoms with Gasteiger partial charge in [-0.25, -0.2) is 4.98 Å². The molecule has 124 valence electrons. The zero-order valence-electron chi connectivity index (χ0n) is 13.5. The minimum atomic E-state index is -0.389. The molecule has 2 aromatic rings. The average Bonchev–Trinajstić information content (AvgIpc) is 2.97. The molecule has 9 heteroatoms. The van der Waals surface area contributed by atoms with E-state index in [2.05, 4.69) is 36.0 Å². The van der Waals surface area contributed by atoms with Gasteiger partial charge in [0.2, 0.25) is 17.6 Å². The van der Waals surface area contributed by atoms with Gasteiger partial charge in [0.05, 0.1) is 6.54 Å². The van der Waals surface area contributed by atoms with Crippen LogP contribution in [0.25, 0.3) is 11.6 Å². The molecule has 1 aliphatic carbocycles. The summed E-state index contributed by atoms with van der Waals surface area (Å²) in [6.07, 6.45) is 3.65. The number of amides is 1. The van der Waals surface area contributed by atoms with Crippen LogP contribution in [-0.2, 0) is 4.79 Å². The predicted molar refractivity (Wildman–Crippen MR) is 81.0 cm³/mol. The summed E-state index contributed by atoms with van der Waals surface area (Å²) in [6, 6.07) is 0.0930. The first kappa shape index (κ1) is 15.6. The number of H-pyrrole nitrogens is 1. The van der Waals surface area contributed by atoms with Crippen LogP contribution >= 0.6 is 0 Å². The molecule has 1 aliphatic rings. The molecule has 0 spiro atoms. The third-order valence-corrected chi connectivity index (χ3v) is 3.62. The van der Waals surface area contributed by atoms with E-state index in [0.717, 1.165) is 12.8 Å². The van der Waals surface area contributed by atoms with Crippen molar-refractivity contribution in [1.82, 2.24) is 36.0 Å². The molecule has 0 aliphatic heterocycles. The fraction of sp³-hybridized carbons (Fsp3) is 0.643. The van der Waals surface area contributed by atoms with Crippen LogP contribution in [0.15, 0.2) is 10.9 Å². The SMILES string of the molecule is CC(C)(C)C(NC(=O)CNC1CC1)c1nc(-c2ncn[nH]2)no1. The number of nitrogens with zero attached hydrogens (tertiary/aromatic N) is 4. The number of rotatable bonds is 6. The zero-order valence-corrected chi connectivity index (χ0v) is 13.5. The largest absolute Gasteiger partial charge is 0.343 e. The standard InChI is InChI=1S/C14H21N7O2/c1-14(2,3)10(18-9(22)6-15-8-4-5-8)13-19-12(21-23-13)11-16-7-17-20-11/h7-8,10,15H,4-6H2,1-3H3,(H,18,22)(H,16,17,20). The van der Waals surface area contributed by atoms with Crippen molar-refractivity contribution < 1.29 is 9.32 Å². The number of hydrogen-bond donors (Lipinski definition) is 3. The van der Waals surface area contributed by atoms with Gasteiger partial charge in [0.25, 0.3) is 0 Å². The fourth-order valence-electron chi connectivity index (χ4n) is 2.15. The van der Waals surface area contributed by atoms with Gasteiger partial charge in [0, 0.05) is 6.04 Å². The second-order valence-electron chi connectivity index (χ2n) is 6.81. The van der Waals surface area contributed by atoms with E-state index < -0.39 is 0 Å². The minimum absolute atomic E-state index is 0.0868. The van der Waals surface area contributed by atoms with E-state index in [0.29, 0.717) is 30.1 Å². The van der Waals surface area contributed by atoms with Gasteiger partial charge in [-0.05, 0) is 18.3 Å². The van der Waals surface area contributed by atoms with Crippen molar-refractivity contribution in [3.05, 3.63) is 12.2 Å². The summed E-state index contributed by atoms with van der Waals surface area (Å²) in [7, 11) is 0. The molecule has 3 N–H and O–H groups in total. The first-order valence-electron chi connectivity index (χ1n) is 7.65. The first-order chi connectivity index (χ1) is 10.9. The summed E-state index contributed by atoms with van der Waals surface area (Å²) in [5, 5.41) is 16.5. The zero-order chi connectivity index (χ0) is 16.4. The lowest BCUT2D eigenvalue weighted by molar-refractivity contribution is -0.122. The van der Waals surface area contributed by atoms with E-state index in [1.54, 1.807) is 0 Å². The van der Waals surface area contributed by atoms with Crippen LogP contribution in [0.4, 0.5) is 0 Å². The quantitative estimate of drug-likeness (QED) is 0.720. The predicted octanol–water partition coefficient (Wildman–Crippen LogP) is 0.810. The summed E-state index contributed by atoms with van der Waals surface area (Å²) >= 11 is 0. The van der Waals surface area contributed by atoms with Gasteiger partial charge < -0.3 is 15.2 Å². The maximum absolute atomic E-state index is 12.1. The van der Waals surface area contributed by atoms with Crippen LogP contribution in [0, 0.1) is 5.41 Å². The lowest BCUT2D eigenvalue weighted by Gasteiger charge is -2.28. The molecule has 0 bridgehead atoms. The molecule has 1 fully saturated rings. The molecule has 0 radical (unpaired) electrons. The van der Waals surface area contributed by atoms with Crippen LogP contribution in [0.3, 0.4) is 0 Å². The molecule has 2 heterocycles. The Morgan fingerprint density at radius 3 is 2.87 bits per heavy atom. The molecular weight excluding hydrogens is 298 g/mol. The smallest absolute Gasteiger partial charge is 0.250 e. The Kier molecular flexibility index (Phi) is 4.12. The van der Waals surface area contributed by atoms with E-state index in [9.17, 15) is 4.79 Å². The number of carbonyl (C=O) groups excluding carboxylic acids is 1. The first-order valence-corrected chi connectivity index (χ1v) is 7.65. The second kappa shape index (κ2) is 6.07. The summed E-state index contributed by atoms with van der Waals surface area (Å²) in [4.78, 5) is 20.5. The fourth-order valence-corrected chi connectivity index (χ4v) is 2.15. The Balaban J connectivity index is 1.72. The van der Waals surface area contributed by atoms with Crippen molar-refractivity contribution in [1.29, 1.82) is 0 Å². The topological polar surface area (TPSA) is 122 Å². The van der Waals surface area contributed by atoms with Crippen molar-refractivity contribution in [2.45, 2.75) is 45.7 Å². The monoisotopic (exact) mass is 319 g/mol. The highest BCUT2D eigenvalue weighted by Crippen LogP contribution is 2.32. The normalized spacial score (nSPS) is 16.3. The molecule has 1 atom stereocenters. The highest BCUT2D eigenvalue weighted by molar-refractivity contribution is 5.78. The van der Waals surface area contributed by atoms with Gasteiger partial charge in [-0.2, -0.15) is 10.1 Å². The molecule has 0 aromatic carbocycles. The van der Waals surface area contributed by atoms with Crippen molar-refractivity contribution in [2.24, 2.45) is 5.41 Å². The van der Waals surface area contributed by atoms with Gasteiger partial charge in [-0.3, -0.25) is 9.89 Å². The van der Waals surface area contributed by atoms with E-state index in [1.165, 1.54) is 6.33 Å². The Labute approximate surface area is 133 Å². The summed E-state index contributed by atoms with van der Waals surface area (Å²) in [5.74, 6) is 1.01. The summed E-state index contributed by atoms with van der Waals surface area (Å²) < 4.78 is 5.33. The maximum atomic E-state index is 12.1. The van der Waals surface area contributed by atoms with E-state index >= 15 is 0 Å². The average molecular weight is 319 g/mol. The molecule has 23 heavy (non-hydrogen) atoms. The van der Waals surface area contributed by atoms with E-state index in [-0.39, 0.29) is 17.4 Å². The van der Waals surface area contributed by atoms with Crippen LogP contribution in [0.5, 0.6) is 0 Å². The highest BCUT2D eigenvalue weighted by Gasteiger charge is 2.33. The van der Waals surface area contributed by atoms with Crippen molar-refractivity contribution in [2.75, 3.05) is 6.54 Å². The Morgan fingerprint density at radius 2 is 2.26 bits per heavy atom. The second-order valence-corrected chi connectivity index (χ2v) is 6.81.